The first kappa shape index (κ1) is 40.9. The molecule has 0 unspecified atom stereocenters. The van der Waals surface area contributed by atoms with Crippen molar-refractivity contribution in [2.45, 2.75) is 96.3 Å². The summed E-state index contributed by atoms with van der Waals surface area (Å²) in [6.45, 7) is 17.6. The van der Waals surface area contributed by atoms with E-state index in [1.807, 2.05) is 72.8 Å². The summed E-state index contributed by atoms with van der Waals surface area (Å²) in [6, 6.07) is 53.5. The minimum absolute atomic E-state index is 0.0655. The summed E-state index contributed by atoms with van der Waals surface area (Å²) in [6.07, 6.45) is 0.420. The van der Waals surface area contributed by atoms with Crippen LogP contribution in [0.2, 0.25) is 0 Å². The lowest BCUT2D eigenvalue weighted by atomic mass is 9.68. The minimum Gasteiger partial charge on any atom is -0.426 e. The first-order valence-electron chi connectivity index (χ1n) is 20.1. The molecule has 6 aromatic rings. The highest BCUT2D eigenvalue weighted by molar-refractivity contribution is 5.77. The summed E-state index contributed by atoms with van der Waals surface area (Å²) in [5, 5.41) is 0. The maximum absolute atomic E-state index is 13.7. The molecule has 57 heavy (non-hydrogen) atoms. The standard InChI is InChI=1S/C53H56O4/c1-50(2,38-24-13-9-14-25-38)42-32-21-34-44(48(42)52(5,6)40-28-17-11-18-29-40)56-46(54)36-23-37-47(55)57-45-35-22-33-43(51(3,4)39-26-15-10-16-27-39)49(45)53(7,8)41-30-19-12-20-31-41/h9-22,24-35H,23,36-37H2,1-8H3. The molecule has 292 valence electrons. The van der Waals surface area contributed by atoms with Crippen LogP contribution >= 0.6 is 0 Å². The minimum atomic E-state index is -0.488. The number of esters is 2. The van der Waals surface area contributed by atoms with Crippen molar-refractivity contribution >= 4 is 11.9 Å². The normalized spacial score (nSPS) is 12.2. The van der Waals surface area contributed by atoms with Gasteiger partial charge in [-0.2, -0.15) is 0 Å². The zero-order chi connectivity index (χ0) is 40.8. The van der Waals surface area contributed by atoms with Gasteiger partial charge < -0.3 is 9.47 Å². The molecule has 0 radical (unpaired) electrons. The van der Waals surface area contributed by atoms with Gasteiger partial charge in [0.1, 0.15) is 11.5 Å². The lowest BCUT2D eigenvalue weighted by Crippen LogP contribution is -2.29. The summed E-state index contributed by atoms with van der Waals surface area (Å²) < 4.78 is 12.5. The Balaban J connectivity index is 1.24. The quantitative estimate of drug-likeness (QED) is 0.0820. The van der Waals surface area contributed by atoms with Crippen molar-refractivity contribution in [2.75, 3.05) is 0 Å². The topological polar surface area (TPSA) is 52.6 Å². The smallest absolute Gasteiger partial charge is 0.311 e. The van der Waals surface area contributed by atoms with Crippen LogP contribution in [0.5, 0.6) is 11.5 Å². The maximum Gasteiger partial charge on any atom is 0.311 e. The van der Waals surface area contributed by atoms with Crippen LogP contribution in [0.1, 0.15) is 119 Å². The molecule has 0 N–H and O–H groups in total. The predicted molar refractivity (Wildman–Crippen MR) is 232 cm³/mol. The van der Waals surface area contributed by atoms with Crippen LogP contribution in [-0.2, 0) is 31.2 Å². The Morgan fingerprint density at radius 2 is 0.649 bits per heavy atom. The van der Waals surface area contributed by atoms with Crippen LogP contribution in [-0.4, -0.2) is 11.9 Å². The number of carbonyl (C=O) groups is 2. The van der Waals surface area contributed by atoms with Gasteiger partial charge in [0.15, 0.2) is 0 Å². The SMILES string of the molecule is CC(C)(c1ccccc1)c1cccc(OC(=O)CCCC(=O)Oc2cccc(C(C)(C)c3ccccc3)c2C(C)(C)c2ccccc2)c1C(C)(C)c1ccccc1. The lowest BCUT2D eigenvalue weighted by molar-refractivity contribution is -0.136. The molecule has 0 aromatic heterocycles. The molecule has 0 heterocycles. The van der Waals surface area contributed by atoms with Gasteiger partial charge in [-0.1, -0.05) is 201 Å². The number of ether oxygens (including phenoxy) is 2. The summed E-state index contributed by atoms with van der Waals surface area (Å²) in [7, 11) is 0. The van der Waals surface area contributed by atoms with Gasteiger partial charge in [0.05, 0.1) is 0 Å². The van der Waals surface area contributed by atoms with Crippen molar-refractivity contribution in [1.29, 1.82) is 0 Å². The van der Waals surface area contributed by atoms with Crippen LogP contribution in [0, 0.1) is 0 Å². The summed E-state index contributed by atoms with van der Waals surface area (Å²) >= 11 is 0. The Kier molecular flexibility index (Phi) is 12.0. The molecule has 0 aliphatic carbocycles. The molecule has 0 atom stereocenters. The second-order valence-corrected chi connectivity index (χ2v) is 17.1. The molecule has 0 aliphatic rings. The summed E-state index contributed by atoms with van der Waals surface area (Å²) in [5.74, 6) is 0.285. The Morgan fingerprint density at radius 3 is 0.947 bits per heavy atom. The van der Waals surface area contributed by atoms with E-state index in [0.29, 0.717) is 11.5 Å². The van der Waals surface area contributed by atoms with Gasteiger partial charge in [-0.05, 0) is 51.9 Å². The van der Waals surface area contributed by atoms with Crippen molar-refractivity contribution in [3.63, 3.8) is 0 Å². The number of hydrogen-bond acceptors (Lipinski definition) is 4. The highest BCUT2D eigenvalue weighted by Gasteiger charge is 2.38. The van der Waals surface area contributed by atoms with Crippen molar-refractivity contribution in [3.8, 4) is 11.5 Å². The molecule has 0 bridgehead atoms. The third-order valence-electron chi connectivity index (χ3n) is 11.8. The van der Waals surface area contributed by atoms with Crippen molar-refractivity contribution in [2.24, 2.45) is 0 Å². The molecular formula is C53H56O4. The molecule has 0 spiro atoms. The highest BCUT2D eigenvalue weighted by Crippen LogP contribution is 2.47. The van der Waals surface area contributed by atoms with E-state index < -0.39 is 10.8 Å². The third kappa shape index (κ3) is 8.66. The first-order chi connectivity index (χ1) is 27.1. The Labute approximate surface area is 339 Å². The predicted octanol–water partition coefficient (Wildman–Crippen LogP) is 12.7. The van der Waals surface area contributed by atoms with Gasteiger partial charge in [-0.3, -0.25) is 9.59 Å². The fraction of sp³-hybridized carbons (Fsp3) is 0.283. The number of benzene rings is 6. The van der Waals surface area contributed by atoms with Gasteiger partial charge in [0, 0.05) is 45.6 Å². The molecule has 6 aromatic carbocycles. The summed E-state index contributed by atoms with van der Waals surface area (Å²) in [4.78, 5) is 27.3. The van der Waals surface area contributed by atoms with Crippen LogP contribution < -0.4 is 9.47 Å². The van der Waals surface area contributed by atoms with Crippen molar-refractivity contribution in [3.05, 3.63) is 202 Å². The molecule has 0 saturated carbocycles. The molecular weight excluding hydrogens is 701 g/mol. The van der Waals surface area contributed by atoms with Crippen LogP contribution in [0.25, 0.3) is 0 Å². The molecule has 0 saturated heterocycles. The van der Waals surface area contributed by atoms with E-state index in [4.69, 9.17) is 9.47 Å². The fourth-order valence-corrected chi connectivity index (χ4v) is 8.31. The molecule has 4 nitrogen and oxygen atoms in total. The highest BCUT2D eigenvalue weighted by atomic mass is 16.5. The molecule has 0 aliphatic heterocycles. The van der Waals surface area contributed by atoms with Gasteiger partial charge in [-0.15, -0.1) is 0 Å². The largest absolute Gasteiger partial charge is 0.426 e. The summed E-state index contributed by atoms with van der Waals surface area (Å²) in [5.41, 5.74) is 6.94. The van der Waals surface area contributed by atoms with Gasteiger partial charge in [0.25, 0.3) is 0 Å². The van der Waals surface area contributed by atoms with E-state index in [0.717, 1.165) is 33.4 Å². The van der Waals surface area contributed by atoms with E-state index in [1.165, 1.54) is 11.1 Å². The van der Waals surface area contributed by atoms with E-state index >= 15 is 0 Å². The van der Waals surface area contributed by atoms with Crippen LogP contribution in [0.15, 0.2) is 158 Å². The number of hydrogen-bond donors (Lipinski definition) is 0. The monoisotopic (exact) mass is 756 g/mol. The molecule has 0 fully saturated rings. The Hall–Kier alpha value is -5.74. The average molecular weight is 757 g/mol. The molecule has 0 amide bonds. The van der Waals surface area contributed by atoms with E-state index in [9.17, 15) is 9.59 Å². The zero-order valence-electron chi connectivity index (χ0n) is 34.8. The van der Waals surface area contributed by atoms with Gasteiger partial charge >= 0.3 is 11.9 Å². The second-order valence-electron chi connectivity index (χ2n) is 17.1. The lowest BCUT2D eigenvalue weighted by Gasteiger charge is -2.36. The third-order valence-corrected chi connectivity index (χ3v) is 11.8. The van der Waals surface area contributed by atoms with Gasteiger partial charge in [0.2, 0.25) is 0 Å². The van der Waals surface area contributed by atoms with Crippen molar-refractivity contribution in [1.82, 2.24) is 0 Å². The molecule has 4 heteroatoms. The Bertz CT molecular complexity index is 2120. The maximum atomic E-state index is 13.7. The second kappa shape index (κ2) is 16.8. The fourth-order valence-electron chi connectivity index (χ4n) is 8.31. The Morgan fingerprint density at radius 1 is 0.368 bits per heavy atom. The van der Waals surface area contributed by atoms with E-state index in [2.05, 4.69) is 140 Å². The first-order valence-corrected chi connectivity index (χ1v) is 20.1. The van der Waals surface area contributed by atoms with E-state index in [-0.39, 0.29) is 42.0 Å². The van der Waals surface area contributed by atoms with Crippen LogP contribution in [0.4, 0.5) is 0 Å². The number of carbonyl (C=O) groups excluding carboxylic acids is 2. The average Bonchev–Trinajstić information content (AvgIpc) is 3.22. The zero-order valence-corrected chi connectivity index (χ0v) is 34.8. The molecule has 6 rings (SSSR count). The van der Waals surface area contributed by atoms with Crippen LogP contribution in [0.3, 0.4) is 0 Å². The van der Waals surface area contributed by atoms with Crippen molar-refractivity contribution < 1.29 is 19.1 Å². The number of rotatable bonds is 14. The van der Waals surface area contributed by atoms with E-state index in [1.54, 1.807) is 0 Å². The van der Waals surface area contributed by atoms with Gasteiger partial charge in [-0.25, -0.2) is 0 Å².